The van der Waals surface area contributed by atoms with Gasteiger partial charge in [0.05, 0.1) is 11.8 Å². The number of nitrogens with zero attached hydrogens (tertiary/aromatic N) is 1. The standard InChI is InChI=1S/C11H15Cl2NO2/c1-11(2,8-13)14(6-5-12)10(15)9-4-3-7-16-9/h3-4,7H,5-6,8H2,1-2H3. The van der Waals surface area contributed by atoms with E-state index in [1.165, 1.54) is 6.26 Å². The third kappa shape index (κ3) is 2.92. The first-order valence-electron chi connectivity index (χ1n) is 5.00. The molecule has 0 unspecified atom stereocenters. The molecule has 1 aromatic heterocycles. The average molecular weight is 264 g/mol. The lowest BCUT2D eigenvalue weighted by Crippen LogP contribution is -2.49. The van der Waals surface area contributed by atoms with Crippen LogP contribution in [0.25, 0.3) is 0 Å². The largest absolute Gasteiger partial charge is 0.459 e. The van der Waals surface area contributed by atoms with Gasteiger partial charge in [-0.15, -0.1) is 23.2 Å². The number of hydrogen-bond donors (Lipinski definition) is 0. The molecule has 0 radical (unpaired) electrons. The topological polar surface area (TPSA) is 33.5 Å². The molecule has 0 fully saturated rings. The number of amides is 1. The minimum Gasteiger partial charge on any atom is -0.459 e. The summed E-state index contributed by atoms with van der Waals surface area (Å²) in [5.74, 6) is 0.836. The van der Waals surface area contributed by atoms with Crippen LogP contribution in [0.4, 0.5) is 0 Å². The van der Waals surface area contributed by atoms with E-state index in [0.717, 1.165) is 0 Å². The van der Waals surface area contributed by atoms with Crippen LogP contribution in [-0.2, 0) is 0 Å². The lowest BCUT2D eigenvalue weighted by molar-refractivity contribution is 0.0573. The molecule has 0 N–H and O–H groups in total. The Balaban J connectivity index is 2.90. The summed E-state index contributed by atoms with van der Waals surface area (Å²) >= 11 is 11.6. The fraction of sp³-hybridized carbons (Fsp3) is 0.545. The highest BCUT2D eigenvalue weighted by molar-refractivity contribution is 6.19. The molecular formula is C11H15Cl2NO2. The highest BCUT2D eigenvalue weighted by atomic mass is 35.5. The monoisotopic (exact) mass is 263 g/mol. The maximum atomic E-state index is 12.1. The van der Waals surface area contributed by atoms with Gasteiger partial charge in [-0.1, -0.05) is 0 Å². The summed E-state index contributed by atoms with van der Waals surface area (Å²) < 4.78 is 5.08. The van der Waals surface area contributed by atoms with Gasteiger partial charge < -0.3 is 9.32 Å². The summed E-state index contributed by atoms with van der Waals surface area (Å²) in [6.07, 6.45) is 1.47. The van der Waals surface area contributed by atoms with Gasteiger partial charge >= 0.3 is 0 Å². The van der Waals surface area contributed by atoms with Gasteiger partial charge in [0.2, 0.25) is 0 Å². The molecule has 1 amide bonds. The molecule has 1 aromatic rings. The molecule has 0 aliphatic heterocycles. The molecule has 0 saturated heterocycles. The van der Waals surface area contributed by atoms with Crippen molar-refractivity contribution in [3.05, 3.63) is 24.2 Å². The van der Waals surface area contributed by atoms with Crippen LogP contribution in [0.1, 0.15) is 24.4 Å². The minimum atomic E-state index is -0.444. The highest BCUT2D eigenvalue weighted by Crippen LogP contribution is 2.19. The van der Waals surface area contributed by atoms with Crippen LogP contribution in [0, 0.1) is 0 Å². The van der Waals surface area contributed by atoms with E-state index >= 15 is 0 Å². The highest BCUT2D eigenvalue weighted by Gasteiger charge is 2.31. The maximum absolute atomic E-state index is 12.1. The first kappa shape index (κ1) is 13.4. The first-order chi connectivity index (χ1) is 7.53. The molecule has 1 heterocycles. The predicted octanol–water partition coefficient (Wildman–Crippen LogP) is 2.98. The van der Waals surface area contributed by atoms with E-state index < -0.39 is 5.54 Å². The summed E-state index contributed by atoms with van der Waals surface area (Å²) in [7, 11) is 0. The van der Waals surface area contributed by atoms with Crippen molar-refractivity contribution >= 4 is 29.1 Å². The van der Waals surface area contributed by atoms with Crippen LogP contribution < -0.4 is 0 Å². The van der Waals surface area contributed by atoms with Gasteiger partial charge in [0, 0.05) is 18.3 Å². The zero-order valence-corrected chi connectivity index (χ0v) is 10.9. The minimum absolute atomic E-state index is 0.184. The number of halogens is 2. The van der Waals surface area contributed by atoms with Crippen molar-refractivity contribution in [2.75, 3.05) is 18.3 Å². The fourth-order valence-electron chi connectivity index (χ4n) is 1.37. The molecule has 0 aliphatic rings. The van der Waals surface area contributed by atoms with Gasteiger partial charge in [-0.25, -0.2) is 0 Å². The third-order valence-electron chi connectivity index (χ3n) is 2.34. The lowest BCUT2D eigenvalue weighted by Gasteiger charge is -2.36. The normalized spacial score (nSPS) is 11.5. The number of furan rings is 1. The van der Waals surface area contributed by atoms with Crippen LogP contribution in [0.3, 0.4) is 0 Å². The Morgan fingerprint density at radius 2 is 2.19 bits per heavy atom. The second kappa shape index (κ2) is 5.60. The van der Waals surface area contributed by atoms with E-state index in [4.69, 9.17) is 27.6 Å². The molecule has 3 nitrogen and oxygen atoms in total. The summed E-state index contributed by atoms with van der Waals surface area (Å²) in [5.41, 5.74) is -0.444. The van der Waals surface area contributed by atoms with E-state index in [-0.39, 0.29) is 5.91 Å². The fourth-order valence-corrected chi connectivity index (χ4v) is 1.68. The van der Waals surface area contributed by atoms with Gasteiger partial charge in [-0.2, -0.15) is 0 Å². The predicted molar refractivity (Wildman–Crippen MR) is 65.3 cm³/mol. The Hall–Kier alpha value is -0.670. The SMILES string of the molecule is CC(C)(CCl)N(CCCl)C(=O)c1ccco1. The van der Waals surface area contributed by atoms with Crippen molar-refractivity contribution in [2.24, 2.45) is 0 Å². The van der Waals surface area contributed by atoms with Crippen molar-refractivity contribution in [2.45, 2.75) is 19.4 Å². The zero-order chi connectivity index (χ0) is 12.2. The number of alkyl halides is 2. The Bertz CT molecular complexity index is 336. The Kier molecular flexibility index (Phi) is 4.69. The van der Waals surface area contributed by atoms with Crippen molar-refractivity contribution in [1.82, 2.24) is 4.90 Å². The summed E-state index contributed by atoms with van der Waals surface area (Å²) in [4.78, 5) is 13.7. The second-order valence-electron chi connectivity index (χ2n) is 4.07. The maximum Gasteiger partial charge on any atom is 0.290 e. The first-order valence-corrected chi connectivity index (χ1v) is 6.07. The second-order valence-corrected chi connectivity index (χ2v) is 4.71. The van der Waals surface area contributed by atoms with E-state index in [1.807, 2.05) is 13.8 Å². The molecular weight excluding hydrogens is 249 g/mol. The van der Waals surface area contributed by atoms with Crippen molar-refractivity contribution in [3.63, 3.8) is 0 Å². The summed E-state index contributed by atoms with van der Waals surface area (Å²) in [6.45, 7) is 4.24. The molecule has 0 aliphatic carbocycles. The van der Waals surface area contributed by atoms with E-state index in [9.17, 15) is 4.79 Å². The number of hydrogen-bond acceptors (Lipinski definition) is 2. The smallest absolute Gasteiger partial charge is 0.290 e. The molecule has 5 heteroatoms. The lowest BCUT2D eigenvalue weighted by atomic mass is 10.1. The molecule has 0 atom stereocenters. The van der Waals surface area contributed by atoms with E-state index in [0.29, 0.717) is 24.1 Å². The van der Waals surface area contributed by atoms with Crippen LogP contribution in [0.15, 0.2) is 22.8 Å². The average Bonchev–Trinajstić information content (AvgIpc) is 2.78. The van der Waals surface area contributed by atoms with Crippen molar-refractivity contribution in [1.29, 1.82) is 0 Å². The number of carbonyl (C=O) groups is 1. The van der Waals surface area contributed by atoms with E-state index in [1.54, 1.807) is 17.0 Å². The van der Waals surface area contributed by atoms with Crippen LogP contribution in [0.5, 0.6) is 0 Å². The van der Waals surface area contributed by atoms with Gasteiger partial charge in [0.15, 0.2) is 5.76 Å². The van der Waals surface area contributed by atoms with Crippen molar-refractivity contribution in [3.8, 4) is 0 Å². The molecule has 90 valence electrons. The number of rotatable bonds is 5. The molecule has 16 heavy (non-hydrogen) atoms. The number of carbonyl (C=O) groups excluding carboxylic acids is 1. The van der Waals surface area contributed by atoms with Gasteiger partial charge in [0.1, 0.15) is 0 Å². The molecule has 0 saturated carbocycles. The molecule has 1 rings (SSSR count). The van der Waals surface area contributed by atoms with Crippen LogP contribution >= 0.6 is 23.2 Å². The Morgan fingerprint density at radius 3 is 2.62 bits per heavy atom. The Morgan fingerprint density at radius 1 is 1.50 bits per heavy atom. The van der Waals surface area contributed by atoms with Crippen LogP contribution in [-0.4, -0.2) is 34.7 Å². The van der Waals surface area contributed by atoms with E-state index in [2.05, 4.69) is 0 Å². The van der Waals surface area contributed by atoms with Gasteiger partial charge in [-0.3, -0.25) is 4.79 Å². The van der Waals surface area contributed by atoms with Crippen LogP contribution in [0.2, 0.25) is 0 Å². The zero-order valence-electron chi connectivity index (χ0n) is 9.37. The third-order valence-corrected chi connectivity index (χ3v) is 3.17. The summed E-state index contributed by atoms with van der Waals surface area (Å²) in [5, 5.41) is 0. The van der Waals surface area contributed by atoms with Crippen molar-refractivity contribution < 1.29 is 9.21 Å². The van der Waals surface area contributed by atoms with Gasteiger partial charge in [0.25, 0.3) is 5.91 Å². The van der Waals surface area contributed by atoms with Gasteiger partial charge in [-0.05, 0) is 26.0 Å². The quantitative estimate of drug-likeness (QED) is 0.766. The molecule has 0 aromatic carbocycles. The summed E-state index contributed by atoms with van der Waals surface area (Å²) in [6, 6.07) is 3.31. The molecule has 0 bridgehead atoms. The Labute approximate surface area is 105 Å². The molecule has 0 spiro atoms.